The van der Waals surface area contributed by atoms with Crippen LogP contribution >= 0.6 is 0 Å². The summed E-state index contributed by atoms with van der Waals surface area (Å²) in [6.45, 7) is 1.73. The number of ether oxygens (including phenoxy) is 1. The third-order valence-electron chi connectivity index (χ3n) is 3.50. The summed E-state index contributed by atoms with van der Waals surface area (Å²) in [7, 11) is 0. The van der Waals surface area contributed by atoms with Crippen molar-refractivity contribution in [1.29, 1.82) is 0 Å². The zero-order valence-corrected chi connectivity index (χ0v) is 9.72. The number of alkyl halides is 3. The van der Waals surface area contributed by atoms with Gasteiger partial charge in [0.05, 0.1) is 5.41 Å². The molecule has 1 aliphatic heterocycles. The van der Waals surface area contributed by atoms with Crippen molar-refractivity contribution < 1.29 is 22.7 Å². The van der Waals surface area contributed by atoms with Gasteiger partial charge in [0.2, 0.25) is 0 Å². The molecule has 2 atom stereocenters. The zero-order chi connectivity index (χ0) is 12.7. The first-order valence-electron chi connectivity index (χ1n) is 5.72. The van der Waals surface area contributed by atoms with E-state index in [1.54, 1.807) is 4.90 Å². The molecule has 0 spiro atoms. The van der Waals surface area contributed by atoms with Crippen LogP contribution in [0.4, 0.5) is 13.2 Å². The summed E-state index contributed by atoms with van der Waals surface area (Å²) < 4.78 is 44.3. The summed E-state index contributed by atoms with van der Waals surface area (Å²) >= 11 is 0. The Kier molecular flexibility index (Phi) is 3.10. The van der Waals surface area contributed by atoms with Crippen molar-refractivity contribution in [2.45, 2.75) is 31.9 Å². The summed E-state index contributed by atoms with van der Waals surface area (Å²) in [5.41, 5.74) is -1.29. The smallest absolute Gasteiger partial charge is 0.302 e. The van der Waals surface area contributed by atoms with Crippen molar-refractivity contribution in [1.82, 2.24) is 4.90 Å². The molecule has 1 saturated carbocycles. The Morgan fingerprint density at radius 3 is 2.59 bits per heavy atom. The van der Waals surface area contributed by atoms with Gasteiger partial charge in [-0.3, -0.25) is 9.69 Å². The van der Waals surface area contributed by atoms with Gasteiger partial charge < -0.3 is 4.74 Å². The Morgan fingerprint density at radius 1 is 1.53 bits per heavy atom. The van der Waals surface area contributed by atoms with E-state index < -0.39 is 23.5 Å². The molecule has 3 nitrogen and oxygen atoms in total. The van der Waals surface area contributed by atoms with Gasteiger partial charge in [-0.05, 0) is 6.42 Å². The summed E-state index contributed by atoms with van der Waals surface area (Å²) in [4.78, 5) is 12.4. The lowest BCUT2D eigenvalue weighted by atomic mass is 10.1. The molecule has 0 aromatic rings. The topological polar surface area (TPSA) is 29.5 Å². The summed E-state index contributed by atoms with van der Waals surface area (Å²) in [5, 5.41) is 0. The number of hydrogen-bond acceptors (Lipinski definition) is 3. The lowest BCUT2D eigenvalue weighted by Crippen LogP contribution is -2.35. The average Bonchev–Trinajstić information content (AvgIpc) is 2.54. The Balaban J connectivity index is 1.92. The summed E-state index contributed by atoms with van der Waals surface area (Å²) in [5.74, 6) is -3.35. The van der Waals surface area contributed by atoms with E-state index in [2.05, 4.69) is 0 Å². The molecule has 2 aliphatic rings. The molecular formula is C11H16F3NO2. The van der Waals surface area contributed by atoms with Crippen molar-refractivity contribution >= 4 is 5.97 Å². The fraction of sp³-hybridized carbons (Fsp3) is 0.909. The van der Waals surface area contributed by atoms with Gasteiger partial charge in [0.1, 0.15) is 12.8 Å². The van der Waals surface area contributed by atoms with Gasteiger partial charge in [0, 0.05) is 33.0 Å². The Labute approximate surface area is 97.9 Å². The first-order chi connectivity index (χ1) is 7.85. The van der Waals surface area contributed by atoms with Crippen LogP contribution in [-0.4, -0.2) is 49.2 Å². The zero-order valence-electron chi connectivity index (χ0n) is 9.72. The van der Waals surface area contributed by atoms with Gasteiger partial charge in [-0.2, -0.15) is 0 Å². The second kappa shape index (κ2) is 4.15. The summed E-state index contributed by atoms with van der Waals surface area (Å²) in [6.07, 6.45) is -0.802. The van der Waals surface area contributed by atoms with Crippen LogP contribution in [0.5, 0.6) is 0 Å². The van der Waals surface area contributed by atoms with Crippen LogP contribution in [0.15, 0.2) is 0 Å². The Morgan fingerprint density at radius 2 is 2.18 bits per heavy atom. The van der Waals surface area contributed by atoms with Crippen LogP contribution in [0.2, 0.25) is 0 Å². The van der Waals surface area contributed by atoms with Gasteiger partial charge in [-0.1, -0.05) is 0 Å². The molecule has 0 N–H and O–H groups in total. The molecule has 0 radical (unpaired) electrons. The number of halogens is 3. The average molecular weight is 251 g/mol. The number of hydrogen-bond donors (Lipinski definition) is 0. The van der Waals surface area contributed by atoms with Gasteiger partial charge in [0.25, 0.3) is 5.92 Å². The highest BCUT2D eigenvalue weighted by molar-refractivity contribution is 5.66. The van der Waals surface area contributed by atoms with Crippen molar-refractivity contribution in [3.63, 3.8) is 0 Å². The largest absolute Gasteiger partial charge is 0.465 e. The number of esters is 1. The number of likely N-dealkylation sites (tertiary alicyclic amines) is 1. The molecule has 1 aliphatic carbocycles. The highest BCUT2D eigenvalue weighted by Crippen LogP contribution is 2.61. The first kappa shape index (κ1) is 12.7. The maximum Gasteiger partial charge on any atom is 0.302 e. The fourth-order valence-electron chi connectivity index (χ4n) is 2.35. The fourth-order valence-corrected chi connectivity index (χ4v) is 2.35. The quantitative estimate of drug-likeness (QED) is 0.711. The monoisotopic (exact) mass is 251 g/mol. The van der Waals surface area contributed by atoms with Crippen LogP contribution in [0.25, 0.3) is 0 Å². The summed E-state index contributed by atoms with van der Waals surface area (Å²) in [6, 6.07) is 0. The van der Waals surface area contributed by atoms with Gasteiger partial charge in [-0.25, -0.2) is 13.2 Å². The molecule has 2 fully saturated rings. The SMILES string of the molecule is CC(=O)OC[C@]1(CN2CC[C@@H](F)C2)CC1(F)F. The van der Waals surface area contributed by atoms with E-state index in [1.807, 2.05) is 0 Å². The number of carbonyl (C=O) groups excluding carboxylic acids is 1. The van der Waals surface area contributed by atoms with Gasteiger partial charge >= 0.3 is 5.97 Å². The molecule has 0 aromatic heterocycles. The van der Waals surface area contributed by atoms with Gasteiger partial charge in [-0.15, -0.1) is 0 Å². The van der Waals surface area contributed by atoms with E-state index in [4.69, 9.17) is 4.74 Å². The van der Waals surface area contributed by atoms with Gasteiger partial charge in [0.15, 0.2) is 0 Å². The molecule has 2 rings (SSSR count). The first-order valence-corrected chi connectivity index (χ1v) is 5.72. The molecule has 6 heteroatoms. The Bertz CT molecular complexity index is 324. The second-order valence-corrected chi connectivity index (χ2v) is 5.06. The molecule has 17 heavy (non-hydrogen) atoms. The molecule has 0 aromatic carbocycles. The third kappa shape index (κ3) is 2.56. The minimum atomic E-state index is -2.79. The lowest BCUT2D eigenvalue weighted by Gasteiger charge is -2.22. The van der Waals surface area contributed by atoms with Crippen molar-refractivity contribution in [2.24, 2.45) is 5.41 Å². The van der Waals surface area contributed by atoms with Crippen molar-refractivity contribution in [2.75, 3.05) is 26.2 Å². The van der Waals surface area contributed by atoms with Crippen LogP contribution in [-0.2, 0) is 9.53 Å². The van der Waals surface area contributed by atoms with E-state index in [0.717, 1.165) is 0 Å². The maximum atomic E-state index is 13.3. The van der Waals surface area contributed by atoms with Crippen LogP contribution in [0.1, 0.15) is 19.8 Å². The number of rotatable bonds is 4. The van der Waals surface area contributed by atoms with Crippen LogP contribution < -0.4 is 0 Å². The molecule has 0 amide bonds. The highest BCUT2D eigenvalue weighted by atomic mass is 19.3. The van der Waals surface area contributed by atoms with E-state index in [9.17, 15) is 18.0 Å². The third-order valence-corrected chi connectivity index (χ3v) is 3.50. The molecule has 98 valence electrons. The normalized spacial score (nSPS) is 35.9. The second-order valence-electron chi connectivity index (χ2n) is 5.06. The number of carbonyl (C=O) groups is 1. The van der Waals surface area contributed by atoms with Crippen LogP contribution in [0, 0.1) is 5.41 Å². The van der Waals surface area contributed by atoms with E-state index in [-0.39, 0.29) is 26.1 Å². The molecule has 0 unspecified atom stereocenters. The lowest BCUT2D eigenvalue weighted by molar-refractivity contribution is -0.144. The predicted octanol–water partition coefficient (Wildman–Crippen LogP) is 1.62. The van der Waals surface area contributed by atoms with Crippen molar-refractivity contribution in [3.8, 4) is 0 Å². The minimum absolute atomic E-state index is 0.105. The maximum absolute atomic E-state index is 13.3. The van der Waals surface area contributed by atoms with E-state index >= 15 is 0 Å². The molecule has 0 bridgehead atoms. The Hall–Kier alpha value is -0.780. The molecule has 1 heterocycles. The van der Waals surface area contributed by atoms with Crippen molar-refractivity contribution in [3.05, 3.63) is 0 Å². The predicted molar refractivity (Wildman–Crippen MR) is 54.6 cm³/mol. The van der Waals surface area contributed by atoms with E-state index in [1.165, 1.54) is 6.92 Å². The molecule has 1 saturated heterocycles. The number of nitrogens with zero attached hydrogens (tertiary/aromatic N) is 1. The van der Waals surface area contributed by atoms with E-state index in [0.29, 0.717) is 13.0 Å². The van der Waals surface area contributed by atoms with Crippen LogP contribution in [0.3, 0.4) is 0 Å². The highest BCUT2D eigenvalue weighted by Gasteiger charge is 2.72. The molecular weight excluding hydrogens is 235 g/mol. The minimum Gasteiger partial charge on any atom is -0.465 e. The standard InChI is InChI=1S/C11H16F3NO2/c1-8(16)17-7-10(5-11(10,13)14)6-15-3-2-9(12)4-15/h9H,2-7H2,1H3/t9-,10-/m1/s1.